The molecule has 0 saturated heterocycles. The van der Waals surface area contributed by atoms with Crippen LogP contribution in [0.2, 0.25) is 0 Å². The molecule has 0 saturated carbocycles. The van der Waals surface area contributed by atoms with E-state index in [1.165, 1.54) is 0 Å². The van der Waals surface area contributed by atoms with Crippen molar-refractivity contribution >= 4 is 11.8 Å². The van der Waals surface area contributed by atoms with E-state index in [0.29, 0.717) is 49.2 Å². The normalized spacial score (nSPS) is 10.4. The molecule has 0 aliphatic rings. The van der Waals surface area contributed by atoms with Gasteiger partial charge >= 0.3 is 0 Å². The number of benzene rings is 4. The highest BCUT2D eigenvalue weighted by Crippen LogP contribution is 2.19. The molecule has 0 aliphatic heterocycles. The number of carbonyl (C=O) groups excluding carboxylic acids is 2. The van der Waals surface area contributed by atoms with Crippen molar-refractivity contribution in [3.63, 3.8) is 0 Å². The summed E-state index contributed by atoms with van der Waals surface area (Å²) < 4.78 is 21.9. The topological polar surface area (TPSA) is 77.5 Å². The van der Waals surface area contributed by atoms with Crippen molar-refractivity contribution < 1.29 is 28.5 Å². The van der Waals surface area contributed by atoms with Crippen LogP contribution in [0.15, 0.2) is 109 Å². The Labute approximate surface area is 247 Å². The van der Waals surface area contributed by atoms with E-state index in [9.17, 15) is 9.59 Å². The van der Waals surface area contributed by atoms with E-state index in [4.69, 9.17) is 18.9 Å². The third kappa shape index (κ3) is 9.30. The van der Waals surface area contributed by atoms with Crippen LogP contribution in [0.3, 0.4) is 0 Å². The lowest BCUT2D eigenvalue weighted by Gasteiger charge is -2.28. The van der Waals surface area contributed by atoms with Gasteiger partial charge in [-0.2, -0.15) is 0 Å². The Bertz CT molecular complexity index is 1270. The van der Waals surface area contributed by atoms with Gasteiger partial charge in [-0.15, -0.1) is 0 Å². The standard InChI is InChI=1S/C34H36N2O6/c1-39-29-13-17-31(18-14-29)41-25-33(37)35(23-27-9-5-3-6-10-27)21-22-36(24-28-11-7-4-8-12-28)34(38)26-42-32-19-15-30(40-2)16-20-32/h3-20H,21-26H2,1-2H3. The molecular formula is C34H36N2O6. The molecule has 0 radical (unpaired) electrons. The van der Waals surface area contributed by atoms with Gasteiger partial charge in [-0.25, -0.2) is 0 Å². The Balaban J connectivity index is 1.44. The Morgan fingerprint density at radius 3 is 1.17 bits per heavy atom. The molecule has 0 aromatic heterocycles. The summed E-state index contributed by atoms with van der Waals surface area (Å²) in [6.45, 7) is 1.16. The van der Waals surface area contributed by atoms with Gasteiger partial charge < -0.3 is 28.7 Å². The maximum absolute atomic E-state index is 13.4. The van der Waals surface area contributed by atoms with Crippen molar-refractivity contribution in [2.24, 2.45) is 0 Å². The van der Waals surface area contributed by atoms with Crippen molar-refractivity contribution in [2.75, 3.05) is 40.5 Å². The fraction of sp³-hybridized carbons (Fsp3) is 0.235. The van der Waals surface area contributed by atoms with Crippen molar-refractivity contribution in [3.05, 3.63) is 120 Å². The summed E-state index contributed by atoms with van der Waals surface area (Å²) in [6.07, 6.45) is 0. The van der Waals surface area contributed by atoms with E-state index in [-0.39, 0.29) is 25.0 Å². The average Bonchev–Trinajstić information content (AvgIpc) is 3.05. The quantitative estimate of drug-likeness (QED) is 0.196. The molecule has 0 atom stereocenters. The predicted molar refractivity (Wildman–Crippen MR) is 161 cm³/mol. The highest BCUT2D eigenvalue weighted by atomic mass is 16.5. The molecule has 4 rings (SSSR count). The number of hydrogen-bond acceptors (Lipinski definition) is 6. The predicted octanol–water partition coefficient (Wildman–Crippen LogP) is 5.22. The molecule has 8 heteroatoms. The van der Waals surface area contributed by atoms with E-state index in [2.05, 4.69) is 0 Å². The average molecular weight is 569 g/mol. The number of methoxy groups -OCH3 is 2. The van der Waals surface area contributed by atoms with Gasteiger partial charge in [0, 0.05) is 26.2 Å². The van der Waals surface area contributed by atoms with Crippen LogP contribution in [0.1, 0.15) is 11.1 Å². The van der Waals surface area contributed by atoms with E-state index in [0.717, 1.165) is 11.1 Å². The van der Waals surface area contributed by atoms with Crippen molar-refractivity contribution in [2.45, 2.75) is 13.1 Å². The fourth-order valence-corrected chi connectivity index (χ4v) is 4.25. The van der Waals surface area contributed by atoms with Gasteiger partial charge in [0.05, 0.1) is 14.2 Å². The third-order valence-electron chi connectivity index (χ3n) is 6.62. The molecule has 0 fully saturated rings. The van der Waals surface area contributed by atoms with Crippen LogP contribution in [0.5, 0.6) is 23.0 Å². The summed E-state index contributed by atoms with van der Waals surface area (Å²) in [5.74, 6) is 2.19. The lowest BCUT2D eigenvalue weighted by atomic mass is 10.2. The van der Waals surface area contributed by atoms with Crippen LogP contribution in [0.4, 0.5) is 0 Å². The highest BCUT2D eigenvalue weighted by molar-refractivity contribution is 5.79. The minimum atomic E-state index is -0.184. The largest absolute Gasteiger partial charge is 0.497 e. The van der Waals surface area contributed by atoms with E-state index < -0.39 is 0 Å². The number of rotatable bonds is 15. The minimum Gasteiger partial charge on any atom is -0.497 e. The molecular weight excluding hydrogens is 532 g/mol. The van der Waals surface area contributed by atoms with Gasteiger partial charge in [0.15, 0.2) is 13.2 Å². The van der Waals surface area contributed by atoms with Crippen LogP contribution in [0, 0.1) is 0 Å². The smallest absolute Gasteiger partial charge is 0.260 e. The second-order valence-corrected chi connectivity index (χ2v) is 9.53. The van der Waals surface area contributed by atoms with E-state index >= 15 is 0 Å². The summed E-state index contributed by atoms with van der Waals surface area (Å²) in [4.78, 5) is 30.2. The summed E-state index contributed by atoms with van der Waals surface area (Å²) >= 11 is 0. The van der Waals surface area contributed by atoms with Crippen LogP contribution in [-0.4, -0.2) is 62.1 Å². The molecule has 0 heterocycles. The minimum absolute atomic E-state index is 0.133. The lowest BCUT2D eigenvalue weighted by Crippen LogP contribution is -2.43. The van der Waals surface area contributed by atoms with Crippen LogP contribution in [0.25, 0.3) is 0 Å². The zero-order chi connectivity index (χ0) is 29.6. The fourth-order valence-electron chi connectivity index (χ4n) is 4.25. The number of ether oxygens (including phenoxy) is 4. The maximum atomic E-state index is 13.4. The molecule has 8 nitrogen and oxygen atoms in total. The van der Waals surface area contributed by atoms with Crippen LogP contribution >= 0.6 is 0 Å². The Hall–Kier alpha value is -4.98. The molecule has 0 unspecified atom stereocenters. The Morgan fingerprint density at radius 1 is 0.500 bits per heavy atom. The number of hydrogen-bond donors (Lipinski definition) is 0. The van der Waals surface area contributed by atoms with Gasteiger partial charge in [0.2, 0.25) is 0 Å². The van der Waals surface area contributed by atoms with Crippen molar-refractivity contribution in [1.29, 1.82) is 0 Å². The van der Waals surface area contributed by atoms with Crippen molar-refractivity contribution in [1.82, 2.24) is 9.80 Å². The maximum Gasteiger partial charge on any atom is 0.260 e. The molecule has 218 valence electrons. The SMILES string of the molecule is COc1ccc(OCC(=O)N(CCN(Cc2ccccc2)C(=O)COc2ccc(OC)cc2)Cc2ccccc2)cc1. The highest BCUT2D eigenvalue weighted by Gasteiger charge is 2.20. The van der Waals surface area contributed by atoms with Gasteiger partial charge in [-0.05, 0) is 59.7 Å². The summed E-state index contributed by atoms with van der Waals surface area (Å²) in [5.41, 5.74) is 1.97. The summed E-state index contributed by atoms with van der Waals surface area (Å²) in [6, 6.07) is 33.7. The number of nitrogens with zero attached hydrogens (tertiary/aromatic N) is 2. The first-order chi connectivity index (χ1) is 20.5. The van der Waals surface area contributed by atoms with Gasteiger partial charge in [-0.3, -0.25) is 9.59 Å². The van der Waals surface area contributed by atoms with E-state index in [1.54, 1.807) is 72.6 Å². The monoisotopic (exact) mass is 568 g/mol. The molecule has 42 heavy (non-hydrogen) atoms. The molecule has 2 amide bonds. The first-order valence-electron chi connectivity index (χ1n) is 13.7. The Morgan fingerprint density at radius 2 is 0.833 bits per heavy atom. The van der Waals surface area contributed by atoms with Crippen LogP contribution in [-0.2, 0) is 22.7 Å². The van der Waals surface area contributed by atoms with Crippen molar-refractivity contribution in [3.8, 4) is 23.0 Å². The molecule has 0 bridgehead atoms. The summed E-state index contributed by atoms with van der Waals surface area (Å²) in [5, 5.41) is 0. The molecule has 0 N–H and O–H groups in total. The van der Waals surface area contributed by atoms with Gasteiger partial charge in [0.25, 0.3) is 11.8 Å². The second-order valence-electron chi connectivity index (χ2n) is 9.53. The zero-order valence-corrected chi connectivity index (χ0v) is 24.0. The third-order valence-corrected chi connectivity index (χ3v) is 6.62. The molecule has 0 spiro atoms. The van der Waals surface area contributed by atoms with E-state index in [1.807, 2.05) is 60.7 Å². The number of carbonyl (C=O) groups is 2. The first-order valence-corrected chi connectivity index (χ1v) is 13.7. The number of amides is 2. The second kappa shape index (κ2) is 15.7. The zero-order valence-electron chi connectivity index (χ0n) is 24.0. The van der Waals surface area contributed by atoms with Crippen LogP contribution < -0.4 is 18.9 Å². The Kier molecular flexibility index (Phi) is 11.2. The van der Waals surface area contributed by atoms with Gasteiger partial charge in [-0.1, -0.05) is 60.7 Å². The first kappa shape index (κ1) is 30.0. The summed E-state index contributed by atoms with van der Waals surface area (Å²) in [7, 11) is 3.19. The lowest BCUT2D eigenvalue weighted by molar-refractivity contribution is -0.138. The molecule has 4 aromatic rings. The van der Waals surface area contributed by atoms with Gasteiger partial charge in [0.1, 0.15) is 23.0 Å². The molecule has 4 aromatic carbocycles. The molecule has 0 aliphatic carbocycles.